The Morgan fingerprint density at radius 2 is 2.06 bits per heavy atom. The van der Waals surface area contributed by atoms with E-state index in [1.807, 2.05) is 0 Å². The van der Waals surface area contributed by atoms with Gasteiger partial charge in [-0.1, -0.05) is 0 Å². The molecule has 0 fully saturated rings. The van der Waals surface area contributed by atoms with Gasteiger partial charge in [-0.3, -0.25) is 4.68 Å². The number of nitrogens with one attached hydrogen (secondary N) is 1. The SMILES string of the molecule is CCOC(=O)c1cccn1NC(=O)OC(C)(C)C. The van der Waals surface area contributed by atoms with Crippen LogP contribution in [0, 0.1) is 0 Å². The summed E-state index contributed by atoms with van der Waals surface area (Å²) in [5.41, 5.74) is 2.08. The maximum absolute atomic E-state index is 11.6. The normalized spacial score (nSPS) is 10.9. The first-order chi connectivity index (χ1) is 8.33. The lowest BCUT2D eigenvalue weighted by Crippen LogP contribution is -2.32. The first kappa shape index (κ1) is 14.1. The van der Waals surface area contributed by atoms with E-state index in [2.05, 4.69) is 5.43 Å². The van der Waals surface area contributed by atoms with Gasteiger partial charge in [0.1, 0.15) is 11.3 Å². The fourth-order valence-electron chi connectivity index (χ4n) is 1.25. The predicted molar refractivity (Wildman–Crippen MR) is 66.0 cm³/mol. The smallest absolute Gasteiger partial charge is 0.426 e. The van der Waals surface area contributed by atoms with Crippen molar-refractivity contribution in [2.75, 3.05) is 12.0 Å². The number of ether oxygens (including phenoxy) is 2. The molecule has 1 aromatic rings. The number of esters is 1. The highest BCUT2D eigenvalue weighted by Gasteiger charge is 2.18. The van der Waals surface area contributed by atoms with Gasteiger partial charge in [-0.05, 0) is 39.8 Å². The van der Waals surface area contributed by atoms with Gasteiger partial charge in [0.15, 0.2) is 0 Å². The summed E-state index contributed by atoms with van der Waals surface area (Å²) in [6.07, 6.45) is 0.903. The first-order valence-electron chi connectivity index (χ1n) is 5.68. The second-order valence-corrected chi connectivity index (χ2v) is 4.60. The highest BCUT2D eigenvalue weighted by atomic mass is 16.6. The van der Waals surface area contributed by atoms with Crippen LogP contribution >= 0.6 is 0 Å². The van der Waals surface area contributed by atoms with Gasteiger partial charge in [0.2, 0.25) is 0 Å². The molecule has 18 heavy (non-hydrogen) atoms. The van der Waals surface area contributed by atoms with Crippen molar-refractivity contribution in [3.05, 3.63) is 24.0 Å². The second-order valence-electron chi connectivity index (χ2n) is 4.60. The summed E-state index contributed by atoms with van der Waals surface area (Å²) in [4.78, 5) is 23.1. The monoisotopic (exact) mass is 254 g/mol. The summed E-state index contributed by atoms with van der Waals surface area (Å²) in [6.45, 7) is 7.26. The summed E-state index contributed by atoms with van der Waals surface area (Å²) < 4.78 is 11.2. The quantitative estimate of drug-likeness (QED) is 0.839. The van der Waals surface area contributed by atoms with Crippen molar-refractivity contribution in [3.63, 3.8) is 0 Å². The van der Waals surface area contributed by atoms with Crippen LogP contribution in [0.25, 0.3) is 0 Å². The van der Waals surface area contributed by atoms with Crippen molar-refractivity contribution in [1.29, 1.82) is 0 Å². The van der Waals surface area contributed by atoms with Gasteiger partial charge in [0.05, 0.1) is 6.61 Å². The van der Waals surface area contributed by atoms with Crippen molar-refractivity contribution in [1.82, 2.24) is 4.68 Å². The van der Waals surface area contributed by atoms with Crippen LogP contribution in [0.3, 0.4) is 0 Å². The highest BCUT2D eigenvalue weighted by molar-refractivity contribution is 5.89. The van der Waals surface area contributed by atoms with Crippen molar-refractivity contribution in [2.24, 2.45) is 0 Å². The molecule has 0 aliphatic heterocycles. The number of aromatic nitrogens is 1. The largest absolute Gasteiger partial charge is 0.461 e. The molecule has 0 atom stereocenters. The summed E-state index contributed by atoms with van der Waals surface area (Å²) in [7, 11) is 0. The van der Waals surface area contributed by atoms with Crippen LogP contribution in [0.15, 0.2) is 18.3 Å². The summed E-state index contributed by atoms with van der Waals surface area (Å²) >= 11 is 0. The van der Waals surface area contributed by atoms with E-state index in [4.69, 9.17) is 9.47 Å². The van der Waals surface area contributed by atoms with Crippen LogP contribution in [-0.4, -0.2) is 28.9 Å². The van der Waals surface area contributed by atoms with Crippen LogP contribution in [-0.2, 0) is 9.47 Å². The number of amides is 1. The lowest BCUT2D eigenvalue weighted by molar-refractivity contribution is 0.0513. The Labute approximate surface area is 106 Å². The van der Waals surface area contributed by atoms with E-state index in [9.17, 15) is 9.59 Å². The molecule has 1 amide bonds. The Kier molecular flexibility index (Phi) is 4.36. The van der Waals surface area contributed by atoms with Gasteiger partial charge in [-0.25, -0.2) is 15.0 Å². The van der Waals surface area contributed by atoms with Crippen LogP contribution in [0.2, 0.25) is 0 Å². The molecule has 0 aliphatic rings. The number of hydrogen-bond donors (Lipinski definition) is 1. The standard InChI is InChI=1S/C12H18N2O4/c1-5-17-10(15)9-7-6-8-14(9)13-11(16)18-12(2,3)4/h6-8H,5H2,1-4H3,(H,13,16). The van der Waals surface area contributed by atoms with Crippen molar-refractivity contribution < 1.29 is 19.1 Å². The Bertz CT molecular complexity index is 432. The molecule has 0 saturated carbocycles. The molecular weight excluding hydrogens is 236 g/mol. The molecule has 1 heterocycles. The first-order valence-corrected chi connectivity index (χ1v) is 5.68. The van der Waals surface area contributed by atoms with Crippen molar-refractivity contribution in [3.8, 4) is 0 Å². The van der Waals surface area contributed by atoms with Crippen molar-refractivity contribution >= 4 is 12.1 Å². The van der Waals surface area contributed by atoms with Gasteiger partial charge in [-0.15, -0.1) is 0 Å². The maximum Gasteiger partial charge on any atom is 0.426 e. The molecule has 0 spiro atoms. The number of carbonyl (C=O) groups is 2. The lowest BCUT2D eigenvalue weighted by atomic mass is 10.2. The zero-order chi connectivity index (χ0) is 13.8. The molecule has 1 rings (SSSR count). The molecule has 0 aromatic carbocycles. The fourth-order valence-corrected chi connectivity index (χ4v) is 1.25. The van der Waals surface area contributed by atoms with E-state index in [1.165, 1.54) is 10.9 Å². The van der Waals surface area contributed by atoms with Crippen LogP contribution in [0.5, 0.6) is 0 Å². The average Bonchev–Trinajstić information content (AvgIpc) is 2.62. The number of rotatable bonds is 3. The van der Waals surface area contributed by atoms with E-state index < -0.39 is 17.7 Å². The Morgan fingerprint density at radius 3 is 2.61 bits per heavy atom. The fraction of sp³-hybridized carbons (Fsp3) is 0.500. The van der Waals surface area contributed by atoms with Gasteiger partial charge < -0.3 is 9.47 Å². The molecule has 6 heteroatoms. The molecule has 6 nitrogen and oxygen atoms in total. The Balaban J connectivity index is 2.71. The van der Waals surface area contributed by atoms with E-state index in [0.29, 0.717) is 0 Å². The minimum absolute atomic E-state index is 0.239. The third kappa shape index (κ3) is 4.12. The van der Waals surface area contributed by atoms with E-state index >= 15 is 0 Å². The van der Waals surface area contributed by atoms with E-state index in [-0.39, 0.29) is 12.3 Å². The molecule has 0 aliphatic carbocycles. The molecule has 0 bridgehead atoms. The summed E-state index contributed by atoms with van der Waals surface area (Å²) in [5.74, 6) is -0.501. The van der Waals surface area contributed by atoms with E-state index in [1.54, 1.807) is 39.8 Å². The lowest BCUT2D eigenvalue weighted by Gasteiger charge is -2.20. The predicted octanol–water partition coefficient (Wildman–Crippen LogP) is 2.14. The molecule has 0 radical (unpaired) electrons. The maximum atomic E-state index is 11.6. The Hall–Kier alpha value is -1.98. The van der Waals surface area contributed by atoms with Gasteiger partial charge >= 0.3 is 12.1 Å². The molecule has 1 N–H and O–H groups in total. The van der Waals surface area contributed by atoms with Crippen LogP contribution in [0.1, 0.15) is 38.2 Å². The third-order valence-corrected chi connectivity index (χ3v) is 1.84. The number of nitrogens with zero attached hydrogens (tertiary/aromatic N) is 1. The number of hydrogen-bond acceptors (Lipinski definition) is 4. The van der Waals surface area contributed by atoms with Gasteiger partial charge in [-0.2, -0.15) is 0 Å². The molecule has 100 valence electrons. The van der Waals surface area contributed by atoms with Crippen LogP contribution in [0.4, 0.5) is 4.79 Å². The number of carbonyl (C=O) groups excluding carboxylic acids is 2. The molecule has 0 unspecified atom stereocenters. The summed E-state index contributed by atoms with van der Waals surface area (Å²) in [6, 6.07) is 3.18. The minimum atomic E-state index is -0.635. The second kappa shape index (κ2) is 5.57. The van der Waals surface area contributed by atoms with Crippen LogP contribution < -0.4 is 5.43 Å². The van der Waals surface area contributed by atoms with Crippen molar-refractivity contribution in [2.45, 2.75) is 33.3 Å². The average molecular weight is 254 g/mol. The Morgan fingerprint density at radius 1 is 1.39 bits per heavy atom. The van der Waals surface area contributed by atoms with Gasteiger partial charge in [0, 0.05) is 6.20 Å². The highest BCUT2D eigenvalue weighted by Crippen LogP contribution is 2.08. The van der Waals surface area contributed by atoms with Gasteiger partial charge in [0.25, 0.3) is 0 Å². The van der Waals surface area contributed by atoms with E-state index in [0.717, 1.165) is 0 Å². The molecule has 1 aromatic heterocycles. The zero-order valence-electron chi connectivity index (χ0n) is 11.0. The zero-order valence-corrected chi connectivity index (χ0v) is 11.0. The molecule has 0 saturated heterocycles. The topological polar surface area (TPSA) is 69.6 Å². The third-order valence-electron chi connectivity index (χ3n) is 1.84. The minimum Gasteiger partial charge on any atom is -0.461 e. The summed E-state index contributed by atoms with van der Waals surface area (Å²) in [5, 5.41) is 0. The molecular formula is C12H18N2O4.